The second-order valence-electron chi connectivity index (χ2n) is 5.74. The number of rotatable bonds is 7. The highest BCUT2D eigenvalue weighted by Gasteiger charge is 2.35. The number of hydrogen-bond donors (Lipinski definition) is 0. The zero-order chi connectivity index (χ0) is 22.1. The van der Waals surface area contributed by atoms with Crippen molar-refractivity contribution < 1.29 is 30.4 Å². The van der Waals surface area contributed by atoms with E-state index in [1.807, 2.05) is 0 Å². The van der Waals surface area contributed by atoms with Crippen LogP contribution in [0.25, 0.3) is 0 Å². The van der Waals surface area contributed by atoms with Gasteiger partial charge < -0.3 is 0 Å². The number of carbonyl (C=O) groups is 1. The van der Waals surface area contributed by atoms with E-state index < -0.39 is 54.7 Å². The molecule has 0 N–H and O–H groups in total. The number of benzene rings is 2. The summed E-state index contributed by atoms with van der Waals surface area (Å²) < 4.78 is 77.3. The van der Waals surface area contributed by atoms with Crippen molar-refractivity contribution in [2.24, 2.45) is 0 Å². The van der Waals surface area contributed by atoms with E-state index in [0.29, 0.717) is 6.07 Å². The topological polar surface area (TPSA) is 88.6 Å². The van der Waals surface area contributed by atoms with Gasteiger partial charge in [-0.1, -0.05) is 11.6 Å². The minimum Gasteiger partial charge on any atom is -0.289 e. The molecule has 2 aromatic rings. The molecular weight excluding hydrogens is 516 g/mol. The maximum absolute atomic E-state index is 14.8. The third-order valence-corrected chi connectivity index (χ3v) is 9.08. The van der Waals surface area contributed by atoms with Crippen LogP contribution in [0.5, 0.6) is 0 Å². The highest BCUT2D eigenvalue weighted by atomic mass is 79.9. The SMILES string of the molecule is CCS(=O)(=O)N(c1cc(Br)c(C(=O)c2ccc(F)cc2Cl)cc1F)S(=O)(=O)CC. The highest BCUT2D eigenvalue weighted by molar-refractivity contribution is 9.10. The van der Waals surface area contributed by atoms with Crippen LogP contribution >= 0.6 is 27.5 Å². The quantitative estimate of drug-likeness (QED) is 0.503. The number of sulfonamides is 2. The summed E-state index contributed by atoms with van der Waals surface area (Å²) in [5.74, 6) is -3.86. The summed E-state index contributed by atoms with van der Waals surface area (Å²) in [5.41, 5.74) is -1.11. The molecule has 0 amide bonds. The van der Waals surface area contributed by atoms with Gasteiger partial charge in [0.25, 0.3) is 0 Å². The number of ketones is 1. The van der Waals surface area contributed by atoms with E-state index in [0.717, 1.165) is 24.3 Å². The molecule has 0 fully saturated rings. The number of nitrogens with zero attached hydrogens (tertiary/aromatic N) is 1. The zero-order valence-corrected chi connectivity index (χ0v) is 19.1. The molecule has 6 nitrogen and oxygen atoms in total. The lowest BCUT2D eigenvalue weighted by molar-refractivity contribution is 0.103. The smallest absolute Gasteiger partial charge is 0.248 e. The molecule has 158 valence electrons. The van der Waals surface area contributed by atoms with Gasteiger partial charge >= 0.3 is 0 Å². The van der Waals surface area contributed by atoms with Gasteiger partial charge in [-0.2, -0.15) is 3.71 Å². The lowest BCUT2D eigenvalue weighted by atomic mass is 10.0. The van der Waals surface area contributed by atoms with Gasteiger partial charge in [-0.15, -0.1) is 0 Å². The van der Waals surface area contributed by atoms with Gasteiger partial charge in [-0.3, -0.25) is 4.79 Å². The third kappa shape index (κ3) is 4.79. The molecular formula is C17H15BrClF2NO5S2. The second-order valence-corrected chi connectivity index (χ2v) is 11.4. The van der Waals surface area contributed by atoms with E-state index in [2.05, 4.69) is 15.9 Å². The summed E-state index contributed by atoms with van der Waals surface area (Å²) in [6.07, 6.45) is 0. The van der Waals surface area contributed by atoms with E-state index in [1.54, 1.807) is 0 Å². The van der Waals surface area contributed by atoms with Crippen LogP contribution in [0.15, 0.2) is 34.8 Å². The summed E-state index contributed by atoms with van der Waals surface area (Å²) in [7, 11) is -8.76. The Hall–Kier alpha value is -1.56. The fraction of sp³-hybridized carbons (Fsp3) is 0.235. The van der Waals surface area contributed by atoms with Crippen molar-refractivity contribution >= 4 is 59.0 Å². The average molecular weight is 531 g/mol. The van der Waals surface area contributed by atoms with Crippen molar-refractivity contribution in [2.45, 2.75) is 13.8 Å². The monoisotopic (exact) mass is 529 g/mol. The van der Waals surface area contributed by atoms with Crippen LogP contribution in [-0.4, -0.2) is 34.1 Å². The first-order chi connectivity index (χ1) is 13.4. The maximum atomic E-state index is 14.8. The van der Waals surface area contributed by atoms with Gasteiger partial charge in [0.15, 0.2) is 5.78 Å². The molecule has 0 radical (unpaired) electrons. The fourth-order valence-electron chi connectivity index (χ4n) is 2.38. The molecule has 0 aliphatic heterocycles. The van der Waals surface area contributed by atoms with Crippen molar-refractivity contribution in [1.29, 1.82) is 0 Å². The van der Waals surface area contributed by atoms with Crippen LogP contribution in [0.1, 0.15) is 29.8 Å². The summed E-state index contributed by atoms with van der Waals surface area (Å²) >= 11 is 8.91. The third-order valence-electron chi connectivity index (χ3n) is 3.89. The molecule has 0 saturated carbocycles. The van der Waals surface area contributed by atoms with Crippen molar-refractivity contribution in [1.82, 2.24) is 0 Å². The molecule has 0 aliphatic carbocycles. The van der Waals surface area contributed by atoms with E-state index in [1.165, 1.54) is 13.8 Å². The van der Waals surface area contributed by atoms with Crippen LogP contribution < -0.4 is 3.71 Å². The van der Waals surface area contributed by atoms with Gasteiger partial charge in [0.1, 0.15) is 17.3 Å². The lowest BCUT2D eigenvalue weighted by Gasteiger charge is -2.23. The molecule has 0 saturated heterocycles. The van der Waals surface area contributed by atoms with Gasteiger partial charge in [0.2, 0.25) is 20.0 Å². The largest absolute Gasteiger partial charge is 0.289 e. The first-order valence-electron chi connectivity index (χ1n) is 8.10. The Morgan fingerprint density at radius 3 is 2.03 bits per heavy atom. The summed E-state index contributed by atoms with van der Waals surface area (Å²) in [6.45, 7) is 2.43. The van der Waals surface area contributed by atoms with Crippen molar-refractivity contribution in [2.75, 3.05) is 15.2 Å². The minimum absolute atomic E-state index is 0.0270. The van der Waals surface area contributed by atoms with Crippen molar-refractivity contribution in [3.63, 3.8) is 0 Å². The molecule has 29 heavy (non-hydrogen) atoms. The van der Waals surface area contributed by atoms with Crippen LogP contribution in [0.4, 0.5) is 14.5 Å². The average Bonchev–Trinajstić information content (AvgIpc) is 2.63. The van der Waals surface area contributed by atoms with Crippen LogP contribution in [0.2, 0.25) is 5.02 Å². The number of anilines is 1. The van der Waals surface area contributed by atoms with Crippen LogP contribution in [0.3, 0.4) is 0 Å². The predicted molar refractivity (Wildman–Crippen MR) is 110 cm³/mol. The molecule has 0 aliphatic rings. The lowest BCUT2D eigenvalue weighted by Crippen LogP contribution is -2.39. The standard InChI is InChI=1S/C17H15BrClF2NO5S2/c1-3-28(24,25)22(29(26,27)4-2)16-9-13(18)12(8-15(16)21)17(23)11-6-5-10(20)7-14(11)19/h5-9H,3-4H2,1-2H3. The molecule has 0 aromatic heterocycles. The van der Waals surface area contributed by atoms with Gasteiger partial charge in [0.05, 0.1) is 16.5 Å². The molecule has 2 rings (SSSR count). The molecule has 2 aromatic carbocycles. The predicted octanol–water partition coefficient (Wildman–Crippen LogP) is 4.12. The summed E-state index contributed by atoms with van der Waals surface area (Å²) in [4.78, 5) is 12.7. The molecule has 0 heterocycles. The van der Waals surface area contributed by atoms with Gasteiger partial charge in [-0.25, -0.2) is 25.6 Å². The maximum Gasteiger partial charge on any atom is 0.248 e. The minimum atomic E-state index is -4.38. The van der Waals surface area contributed by atoms with E-state index in [4.69, 9.17) is 11.6 Å². The fourth-order valence-corrected chi connectivity index (χ4v) is 6.51. The van der Waals surface area contributed by atoms with Gasteiger partial charge in [0, 0.05) is 15.6 Å². The number of halogens is 4. The molecule has 0 unspecified atom stereocenters. The van der Waals surface area contributed by atoms with Crippen molar-refractivity contribution in [3.8, 4) is 0 Å². The highest BCUT2D eigenvalue weighted by Crippen LogP contribution is 2.33. The zero-order valence-electron chi connectivity index (χ0n) is 15.1. The Kier molecular flexibility index (Phi) is 7.09. The van der Waals surface area contributed by atoms with Gasteiger partial charge in [-0.05, 0) is 60.1 Å². The normalized spacial score (nSPS) is 12.1. The summed E-state index contributed by atoms with van der Waals surface area (Å²) in [5, 5.41) is -0.199. The van der Waals surface area contributed by atoms with E-state index in [9.17, 15) is 30.4 Å². The van der Waals surface area contributed by atoms with Crippen molar-refractivity contribution in [3.05, 3.63) is 62.6 Å². The number of carbonyl (C=O) groups excluding carboxylic acids is 1. The first-order valence-corrected chi connectivity index (χ1v) is 12.5. The van der Waals surface area contributed by atoms with Crippen LogP contribution in [-0.2, 0) is 20.0 Å². The molecule has 0 spiro atoms. The summed E-state index contributed by atoms with van der Waals surface area (Å²) in [6, 6.07) is 4.62. The molecule has 12 heteroatoms. The van der Waals surface area contributed by atoms with Crippen LogP contribution in [0, 0.1) is 11.6 Å². The van der Waals surface area contributed by atoms with E-state index in [-0.39, 0.29) is 24.3 Å². The molecule has 0 bridgehead atoms. The Morgan fingerprint density at radius 2 is 1.55 bits per heavy atom. The Balaban J connectivity index is 2.68. The Bertz CT molecular complexity index is 1150. The van der Waals surface area contributed by atoms with E-state index >= 15 is 0 Å². The Morgan fingerprint density at radius 1 is 1.00 bits per heavy atom. The second kappa shape index (κ2) is 8.66. The number of hydrogen-bond acceptors (Lipinski definition) is 5. The Labute approximate surface area is 180 Å². The first kappa shape index (κ1) is 23.7. The molecule has 0 atom stereocenters.